The molecule has 2 heterocycles. The van der Waals surface area contributed by atoms with Crippen LogP contribution in [-0.4, -0.2) is 65.0 Å². The summed E-state index contributed by atoms with van der Waals surface area (Å²) in [7, 11) is 2.14. The first-order chi connectivity index (χ1) is 15.0. The first-order valence-corrected chi connectivity index (χ1v) is 10.7. The normalized spacial score (nSPS) is 16.2. The fraction of sp³-hybridized carbons (Fsp3) is 0.333. The zero-order chi connectivity index (χ0) is 21.8. The van der Waals surface area contributed by atoms with Gasteiger partial charge in [0.2, 0.25) is 0 Å². The van der Waals surface area contributed by atoms with E-state index in [1.54, 1.807) is 35.0 Å². The molecule has 1 fully saturated rings. The van der Waals surface area contributed by atoms with E-state index in [0.29, 0.717) is 5.56 Å². The molecule has 1 unspecified atom stereocenters. The molecule has 0 spiro atoms. The molecular formula is C24H29N5O2. The fourth-order valence-electron chi connectivity index (χ4n) is 3.99. The van der Waals surface area contributed by atoms with Crippen LogP contribution in [0, 0.1) is 6.92 Å². The Balaban J connectivity index is 1.50. The topological polar surface area (TPSA) is 73.4 Å². The van der Waals surface area contributed by atoms with E-state index in [4.69, 9.17) is 0 Å². The van der Waals surface area contributed by atoms with Gasteiger partial charge in [-0.15, -0.1) is 0 Å². The summed E-state index contributed by atoms with van der Waals surface area (Å²) >= 11 is 0. The second-order valence-corrected chi connectivity index (χ2v) is 8.16. The highest BCUT2D eigenvalue weighted by Gasteiger charge is 2.21. The number of nitrogens with one attached hydrogen (secondary N) is 2. The van der Waals surface area contributed by atoms with Crippen molar-refractivity contribution in [3.8, 4) is 5.69 Å². The molecule has 31 heavy (non-hydrogen) atoms. The number of likely N-dealkylation sites (N-methyl/N-ethyl adjacent to an activating group) is 1. The van der Waals surface area contributed by atoms with E-state index in [9.17, 15) is 9.59 Å². The SMILES string of the molecule is Cc1c[nH]c(=O)n1-c1ccc(C(=O)NC(CN2CCN(C)CC2)c2ccccc2)cc1. The lowest BCUT2D eigenvalue weighted by atomic mass is 10.0. The number of aromatic nitrogens is 2. The minimum Gasteiger partial charge on any atom is -0.344 e. The van der Waals surface area contributed by atoms with Gasteiger partial charge in [0.15, 0.2) is 0 Å². The van der Waals surface area contributed by atoms with Crippen molar-refractivity contribution in [2.75, 3.05) is 39.8 Å². The van der Waals surface area contributed by atoms with Gasteiger partial charge in [0.05, 0.1) is 11.7 Å². The highest BCUT2D eigenvalue weighted by molar-refractivity contribution is 5.94. The van der Waals surface area contributed by atoms with Crippen molar-refractivity contribution in [2.24, 2.45) is 0 Å². The summed E-state index contributed by atoms with van der Waals surface area (Å²) < 4.78 is 1.59. The van der Waals surface area contributed by atoms with Gasteiger partial charge in [-0.3, -0.25) is 14.3 Å². The summed E-state index contributed by atoms with van der Waals surface area (Å²) in [6, 6.07) is 17.2. The van der Waals surface area contributed by atoms with Gasteiger partial charge >= 0.3 is 5.69 Å². The number of carbonyl (C=O) groups excluding carboxylic acids is 1. The first-order valence-electron chi connectivity index (χ1n) is 10.7. The lowest BCUT2D eigenvalue weighted by molar-refractivity contribution is 0.0907. The van der Waals surface area contributed by atoms with Crippen molar-refractivity contribution in [3.05, 3.63) is 88.1 Å². The highest BCUT2D eigenvalue weighted by atomic mass is 16.2. The van der Waals surface area contributed by atoms with E-state index >= 15 is 0 Å². The summed E-state index contributed by atoms with van der Waals surface area (Å²) in [5, 5.41) is 3.22. The Bertz CT molecular complexity index is 1060. The van der Waals surface area contributed by atoms with E-state index in [1.165, 1.54) is 0 Å². The number of hydrogen-bond donors (Lipinski definition) is 2. The minimum absolute atomic E-state index is 0.0914. The molecule has 7 heteroatoms. The minimum atomic E-state index is -0.189. The van der Waals surface area contributed by atoms with Crippen LogP contribution in [0.25, 0.3) is 5.69 Å². The number of benzene rings is 2. The molecule has 0 saturated carbocycles. The maximum atomic E-state index is 13.0. The van der Waals surface area contributed by atoms with Crippen molar-refractivity contribution in [1.29, 1.82) is 0 Å². The average Bonchev–Trinajstić information content (AvgIpc) is 3.13. The van der Waals surface area contributed by atoms with Crippen LogP contribution in [0.4, 0.5) is 0 Å². The molecule has 2 N–H and O–H groups in total. The molecule has 3 aromatic rings. The lowest BCUT2D eigenvalue weighted by Crippen LogP contribution is -2.47. The first kappa shape index (κ1) is 21.1. The van der Waals surface area contributed by atoms with E-state index in [-0.39, 0.29) is 17.6 Å². The fourth-order valence-corrected chi connectivity index (χ4v) is 3.99. The number of amides is 1. The third-order valence-electron chi connectivity index (χ3n) is 5.89. The van der Waals surface area contributed by atoms with Gasteiger partial charge in [0.1, 0.15) is 0 Å². The molecule has 4 rings (SSSR count). The quantitative estimate of drug-likeness (QED) is 0.643. The largest absolute Gasteiger partial charge is 0.344 e. The van der Waals surface area contributed by atoms with Crippen molar-refractivity contribution >= 4 is 5.91 Å². The third-order valence-corrected chi connectivity index (χ3v) is 5.89. The number of H-pyrrole nitrogens is 1. The zero-order valence-corrected chi connectivity index (χ0v) is 18.0. The molecule has 162 valence electrons. The van der Waals surface area contributed by atoms with E-state index < -0.39 is 0 Å². The lowest BCUT2D eigenvalue weighted by Gasteiger charge is -2.35. The highest BCUT2D eigenvalue weighted by Crippen LogP contribution is 2.17. The van der Waals surface area contributed by atoms with Gasteiger partial charge in [0.25, 0.3) is 5.91 Å². The maximum absolute atomic E-state index is 13.0. The standard InChI is InChI=1S/C24H29N5O2/c1-18-16-25-24(31)29(18)21-10-8-20(9-11-21)23(30)26-22(19-6-4-3-5-7-19)17-28-14-12-27(2)13-15-28/h3-11,16,22H,12-15,17H2,1-2H3,(H,25,31)(H,26,30). The Kier molecular flexibility index (Phi) is 6.34. The Morgan fingerprint density at radius 3 is 2.32 bits per heavy atom. The summed E-state index contributed by atoms with van der Waals surface area (Å²) in [4.78, 5) is 32.4. The van der Waals surface area contributed by atoms with Crippen LogP contribution in [0.5, 0.6) is 0 Å². The maximum Gasteiger partial charge on any atom is 0.330 e. The summed E-state index contributed by atoms with van der Waals surface area (Å²) in [6.45, 7) is 6.70. The van der Waals surface area contributed by atoms with Crippen molar-refractivity contribution < 1.29 is 4.79 Å². The average molecular weight is 420 g/mol. The molecule has 0 bridgehead atoms. The van der Waals surface area contributed by atoms with Crippen molar-refractivity contribution in [3.63, 3.8) is 0 Å². The number of carbonyl (C=O) groups is 1. The molecule has 1 amide bonds. The van der Waals surface area contributed by atoms with Gasteiger partial charge in [0, 0.05) is 50.2 Å². The molecule has 1 saturated heterocycles. The Morgan fingerprint density at radius 2 is 1.71 bits per heavy atom. The number of nitrogens with zero attached hydrogens (tertiary/aromatic N) is 3. The smallest absolute Gasteiger partial charge is 0.330 e. The molecule has 1 atom stereocenters. The van der Waals surface area contributed by atoms with Crippen LogP contribution >= 0.6 is 0 Å². The molecule has 0 radical (unpaired) electrons. The molecule has 1 aromatic heterocycles. The van der Waals surface area contributed by atoms with Crippen molar-refractivity contribution in [1.82, 2.24) is 24.7 Å². The van der Waals surface area contributed by atoms with Crippen LogP contribution in [0.1, 0.15) is 27.7 Å². The van der Waals surface area contributed by atoms with E-state index in [1.807, 2.05) is 25.1 Å². The van der Waals surface area contributed by atoms with Gasteiger partial charge in [-0.05, 0) is 43.8 Å². The van der Waals surface area contributed by atoms with Crippen LogP contribution in [0.15, 0.2) is 65.6 Å². The van der Waals surface area contributed by atoms with Crippen LogP contribution in [0.2, 0.25) is 0 Å². The zero-order valence-electron chi connectivity index (χ0n) is 18.0. The Labute approximate surface area is 182 Å². The monoisotopic (exact) mass is 419 g/mol. The van der Waals surface area contributed by atoms with Crippen LogP contribution in [0.3, 0.4) is 0 Å². The summed E-state index contributed by atoms with van der Waals surface area (Å²) in [6.07, 6.45) is 1.67. The molecule has 2 aromatic carbocycles. The summed E-state index contributed by atoms with van der Waals surface area (Å²) in [5.41, 5.74) is 3.03. The molecule has 0 aliphatic carbocycles. The molecule has 1 aliphatic heterocycles. The molecule has 1 aliphatic rings. The van der Waals surface area contributed by atoms with E-state index in [2.05, 4.69) is 39.3 Å². The van der Waals surface area contributed by atoms with Gasteiger partial charge < -0.3 is 15.2 Å². The van der Waals surface area contributed by atoms with E-state index in [0.717, 1.165) is 49.7 Å². The molecular weight excluding hydrogens is 390 g/mol. The number of aromatic amines is 1. The number of piperazine rings is 1. The predicted molar refractivity (Wildman–Crippen MR) is 122 cm³/mol. The third kappa shape index (κ3) is 4.95. The Hall–Kier alpha value is -3.16. The number of rotatable bonds is 6. The van der Waals surface area contributed by atoms with Crippen LogP contribution < -0.4 is 11.0 Å². The summed E-state index contributed by atoms with van der Waals surface area (Å²) in [5.74, 6) is -0.118. The second-order valence-electron chi connectivity index (χ2n) is 8.16. The molecule has 7 nitrogen and oxygen atoms in total. The predicted octanol–water partition coefficient (Wildman–Crippen LogP) is 2.19. The Morgan fingerprint density at radius 1 is 1.03 bits per heavy atom. The second kappa shape index (κ2) is 9.32. The number of aryl methyl sites for hydroxylation is 1. The van der Waals surface area contributed by atoms with Gasteiger partial charge in [-0.2, -0.15) is 0 Å². The van der Waals surface area contributed by atoms with Gasteiger partial charge in [-0.25, -0.2) is 4.79 Å². The van der Waals surface area contributed by atoms with Crippen LogP contribution in [-0.2, 0) is 0 Å². The number of imidazole rings is 1. The number of hydrogen-bond acceptors (Lipinski definition) is 4. The van der Waals surface area contributed by atoms with Gasteiger partial charge in [-0.1, -0.05) is 30.3 Å². The van der Waals surface area contributed by atoms with Crippen molar-refractivity contribution in [2.45, 2.75) is 13.0 Å².